The molecule has 0 aromatic heterocycles. The Labute approximate surface area is 84.9 Å². The van der Waals surface area contributed by atoms with Crippen molar-refractivity contribution in [3.8, 4) is 5.75 Å². The third kappa shape index (κ3) is 1.95. The fourth-order valence-corrected chi connectivity index (χ4v) is 1.41. The third-order valence-corrected chi connectivity index (χ3v) is 2.29. The van der Waals surface area contributed by atoms with E-state index in [4.69, 9.17) is 4.74 Å². The SMILES string of the molecule is COc1cccc(C(=O)C(C)C)c1C. The normalized spacial score (nSPS) is 10.4. The molecule has 0 atom stereocenters. The smallest absolute Gasteiger partial charge is 0.165 e. The van der Waals surface area contributed by atoms with E-state index in [1.165, 1.54) is 0 Å². The lowest BCUT2D eigenvalue weighted by Crippen LogP contribution is -2.09. The quantitative estimate of drug-likeness (QED) is 0.688. The lowest BCUT2D eigenvalue weighted by atomic mass is 9.97. The molecule has 0 radical (unpaired) electrons. The van der Waals surface area contributed by atoms with E-state index in [1.807, 2.05) is 39.0 Å². The highest BCUT2D eigenvalue weighted by Gasteiger charge is 2.14. The van der Waals surface area contributed by atoms with Crippen LogP contribution in [0.25, 0.3) is 0 Å². The van der Waals surface area contributed by atoms with E-state index in [1.54, 1.807) is 7.11 Å². The topological polar surface area (TPSA) is 26.3 Å². The molecule has 0 heterocycles. The number of ketones is 1. The average molecular weight is 192 g/mol. The van der Waals surface area contributed by atoms with Crippen LogP contribution in [0.15, 0.2) is 18.2 Å². The largest absolute Gasteiger partial charge is 0.496 e. The van der Waals surface area contributed by atoms with Crippen LogP contribution < -0.4 is 4.74 Å². The van der Waals surface area contributed by atoms with Crippen LogP contribution in [0, 0.1) is 12.8 Å². The van der Waals surface area contributed by atoms with Crippen LogP contribution in [-0.2, 0) is 0 Å². The van der Waals surface area contributed by atoms with Crippen LogP contribution in [0.5, 0.6) is 5.75 Å². The van der Waals surface area contributed by atoms with Gasteiger partial charge in [-0.3, -0.25) is 4.79 Å². The van der Waals surface area contributed by atoms with Gasteiger partial charge in [0.25, 0.3) is 0 Å². The minimum absolute atomic E-state index is 0.0285. The summed E-state index contributed by atoms with van der Waals surface area (Å²) in [5, 5.41) is 0. The van der Waals surface area contributed by atoms with Gasteiger partial charge in [-0.05, 0) is 13.0 Å². The van der Waals surface area contributed by atoms with Gasteiger partial charge >= 0.3 is 0 Å². The molecule has 76 valence electrons. The van der Waals surface area contributed by atoms with E-state index in [0.29, 0.717) is 0 Å². The van der Waals surface area contributed by atoms with Crippen molar-refractivity contribution < 1.29 is 9.53 Å². The van der Waals surface area contributed by atoms with Gasteiger partial charge in [0.2, 0.25) is 0 Å². The number of Topliss-reactive ketones (excluding diaryl/α,β-unsaturated/α-hetero) is 1. The first kappa shape index (κ1) is 10.8. The summed E-state index contributed by atoms with van der Waals surface area (Å²) < 4.78 is 5.16. The van der Waals surface area contributed by atoms with Crippen molar-refractivity contribution in [1.82, 2.24) is 0 Å². The summed E-state index contributed by atoms with van der Waals surface area (Å²) in [7, 11) is 1.62. The fourth-order valence-electron chi connectivity index (χ4n) is 1.41. The monoisotopic (exact) mass is 192 g/mol. The van der Waals surface area contributed by atoms with Crippen molar-refractivity contribution in [2.45, 2.75) is 20.8 Å². The zero-order valence-corrected chi connectivity index (χ0v) is 9.13. The molecule has 0 saturated carbocycles. The summed E-state index contributed by atoms with van der Waals surface area (Å²) in [5.74, 6) is 0.971. The number of carbonyl (C=O) groups excluding carboxylic acids is 1. The number of rotatable bonds is 3. The second-order valence-electron chi connectivity index (χ2n) is 3.65. The summed E-state index contributed by atoms with van der Waals surface area (Å²) in [6.45, 7) is 5.72. The summed E-state index contributed by atoms with van der Waals surface area (Å²) >= 11 is 0. The molecule has 0 N–H and O–H groups in total. The van der Waals surface area contributed by atoms with E-state index >= 15 is 0 Å². The highest BCUT2D eigenvalue weighted by Crippen LogP contribution is 2.22. The molecule has 0 spiro atoms. The lowest BCUT2D eigenvalue weighted by Gasteiger charge is -2.10. The first-order chi connectivity index (χ1) is 6.57. The Balaban J connectivity index is 3.16. The number of hydrogen-bond donors (Lipinski definition) is 0. The Bertz CT molecular complexity index is 340. The Morgan fingerprint density at radius 3 is 2.50 bits per heavy atom. The van der Waals surface area contributed by atoms with Crippen LogP contribution in [0.3, 0.4) is 0 Å². The second-order valence-corrected chi connectivity index (χ2v) is 3.65. The molecular formula is C12H16O2. The van der Waals surface area contributed by atoms with Crippen molar-refractivity contribution in [1.29, 1.82) is 0 Å². The Hall–Kier alpha value is -1.31. The Morgan fingerprint density at radius 2 is 2.00 bits per heavy atom. The van der Waals surface area contributed by atoms with E-state index in [0.717, 1.165) is 16.9 Å². The zero-order chi connectivity index (χ0) is 10.7. The predicted molar refractivity (Wildman–Crippen MR) is 56.9 cm³/mol. The standard InChI is InChI=1S/C12H16O2/c1-8(2)12(13)10-6-5-7-11(14-4)9(10)3/h5-8H,1-4H3. The molecule has 0 unspecified atom stereocenters. The molecule has 0 aliphatic carbocycles. The molecule has 0 aliphatic rings. The zero-order valence-electron chi connectivity index (χ0n) is 9.13. The molecule has 1 rings (SSSR count). The van der Waals surface area contributed by atoms with Gasteiger partial charge in [0.15, 0.2) is 5.78 Å². The van der Waals surface area contributed by atoms with Crippen LogP contribution in [0.1, 0.15) is 29.8 Å². The highest BCUT2D eigenvalue weighted by atomic mass is 16.5. The average Bonchev–Trinajstić information content (AvgIpc) is 2.17. The summed E-state index contributed by atoms with van der Waals surface area (Å²) in [6.07, 6.45) is 0. The number of methoxy groups -OCH3 is 1. The third-order valence-electron chi connectivity index (χ3n) is 2.29. The van der Waals surface area contributed by atoms with Gasteiger partial charge in [-0.25, -0.2) is 0 Å². The number of benzene rings is 1. The molecule has 14 heavy (non-hydrogen) atoms. The molecule has 1 aromatic carbocycles. The van der Waals surface area contributed by atoms with Gasteiger partial charge in [0, 0.05) is 17.0 Å². The molecule has 2 nitrogen and oxygen atoms in total. The number of carbonyl (C=O) groups is 1. The number of ether oxygens (including phenoxy) is 1. The van der Waals surface area contributed by atoms with Crippen molar-refractivity contribution in [2.75, 3.05) is 7.11 Å². The molecular weight excluding hydrogens is 176 g/mol. The van der Waals surface area contributed by atoms with Gasteiger partial charge in [-0.15, -0.1) is 0 Å². The molecule has 0 saturated heterocycles. The maximum atomic E-state index is 11.8. The van der Waals surface area contributed by atoms with Gasteiger partial charge in [-0.2, -0.15) is 0 Å². The molecule has 0 bridgehead atoms. The van der Waals surface area contributed by atoms with E-state index in [-0.39, 0.29) is 11.7 Å². The van der Waals surface area contributed by atoms with Crippen LogP contribution >= 0.6 is 0 Å². The number of hydrogen-bond acceptors (Lipinski definition) is 2. The predicted octanol–water partition coefficient (Wildman–Crippen LogP) is 2.84. The van der Waals surface area contributed by atoms with Gasteiger partial charge in [0.05, 0.1) is 7.11 Å². The minimum atomic E-state index is 0.0285. The maximum absolute atomic E-state index is 11.8. The molecule has 0 amide bonds. The van der Waals surface area contributed by atoms with E-state index in [2.05, 4.69) is 0 Å². The van der Waals surface area contributed by atoms with Crippen LogP contribution in [0.4, 0.5) is 0 Å². The van der Waals surface area contributed by atoms with Gasteiger partial charge in [-0.1, -0.05) is 26.0 Å². The lowest BCUT2D eigenvalue weighted by molar-refractivity contribution is 0.0938. The molecule has 1 aromatic rings. The van der Waals surface area contributed by atoms with E-state index < -0.39 is 0 Å². The van der Waals surface area contributed by atoms with Crippen molar-refractivity contribution in [3.05, 3.63) is 29.3 Å². The molecule has 0 aliphatic heterocycles. The fraction of sp³-hybridized carbons (Fsp3) is 0.417. The summed E-state index contributed by atoms with van der Waals surface area (Å²) in [4.78, 5) is 11.8. The van der Waals surface area contributed by atoms with Crippen LogP contribution in [0.2, 0.25) is 0 Å². The maximum Gasteiger partial charge on any atom is 0.165 e. The molecule has 0 fully saturated rings. The second kappa shape index (κ2) is 4.27. The minimum Gasteiger partial charge on any atom is -0.496 e. The first-order valence-electron chi connectivity index (χ1n) is 4.75. The van der Waals surface area contributed by atoms with Gasteiger partial charge < -0.3 is 4.74 Å². The van der Waals surface area contributed by atoms with Crippen LogP contribution in [-0.4, -0.2) is 12.9 Å². The van der Waals surface area contributed by atoms with Crippen molar-refractivity contribution >= 4 is 5.78 Å². The van der Waals surface area contributed by atoms with Crippen molar-refractivity contribution in [2.24, 2.45) is 5.92 Å². The van der Waals surface area contributed by atoms with E-state index in [9.17, 15) is 4.79 Å². The summed E-state index contributed by atoms with van der Waals surface area (Å²) in [6, 6.07) is 5.56. The molecule has 2 heteroatoms. The highest BCUT2D eigenvalue weighted by molar-refractivity contribution is 5.99. The van der Waals surface area contributed by atoms with Gasteiger partial charge in [0.1, 0.15) is 5.75 Å². The Morgan fingerprint density at radius 1 is 1.36 bits per heavy atom. The summed E-state index contributed by atoms with van der Waals surface area (Å²) in [5.41, 5.74) is 1.69. The first-order valence-corrected chi connectivity index (χ1v) is 4.75. The Kier molecular flexibility index (Phi) is 3.28. The van der Waals surface area contributed by atoms with Crippen molar-refractivity contribution in [3.63, 3.8) is 0 Å².